The fraction of sp³-hybridized carbons (Fsp3) is 0.708. The number of carboxylic acid groups (broad SMARTS) is 1. The minimum absolute atomic E-state index is 0.0883. The van der Waals surface area contributed by atoms with Crippen molar-refractivity contribution in [1.29, 1.82) is 0 Å². The molecule has 0 saturated carbocycles. The van der Waals surface area contributed by atoms with Gasteiger partial charge in [-0.25, -0.2) is 4.79 Å². The number of carbonyl (C=O) groups is 7. The lowest BCUT2D eigenvalue weighted by atomic mass is 10.0. The first-order valence-corrected chi connectivity index (χ1v) is 12.8. The van der Waals surface area contributed by atoms with Gasteiger partial charge < -0.3 is 43.2 Å². The molecule has 0 aromatic heterocycles. The van der Waals surface area contributed by atoms with Crippen LogP contribution in [0.3, 0.4) is 0 Å². The first-order chi connectivity index (χ1) is 18.0. The van der Waals surface area contributed by atoms with Crippen molar-refractivity contribution in [3.8, 4) is 0 Å². The average Bonchev–Trinajstić information content (AvgIpc) is 3.31. The van der Waals surface area contributed by atoms with E-state index in [4.69, 9.17) is 17.2 Å². The molecule has 15 nitrogen and oxygen atoms in total. The molecule has 0 radical (unpaired) electrons. The van der Waals surface area contributed by atoms with E-state index < -0.39 is 84.5 Å². The van der Waals surface area contributed by atoms with Crippen molar-refractivity contribution in [2.24, 2.45) is 29.0 Å². The molecular weight excluding hydrogens is 514 g/mol. The van der Waals surface area contributed by atoms with Gasteiger partial charge in [-0.1, -0.05) is 27.7 Å². The van der Waals surface area contributed by atoms with Crippen LogP contribution in [0.4, 0.5) is 0 Å². The largest absolute Gasteiger partial charge is 0.480 e. The zero-order valence-corrected chi connectivity index (χ0v) is 22.8. The van der Waals surface area contributed by atoms with Gasteiger partial charge in [0, 0.05) is 6.54 Å². The summed E-state index contributed by atoms with van der Waals surface area (Å²) in [6, 6.07) is -6.24. The van der Waals surface area contributed by atoms with E-state index in [0.29, 0.717) is 6.42 Å². The number of nitrogens with two attached hydrogens (primary N) is 3. The molecular formula is C24H41N7O8. The van der Waals surface area contributed by atoms with Gasteiger partial charge in [0.05, 0.1) is 18.9 Å². The number of primary amides is 2. The molecule has 6 amide bonds. The molecule has 0 aromatic rings. The van der Waals surface area contributed by atoms with E-state index in [9.17, 15) is 38.7 Å². The Hall–Kier alpha value is -3.75. The summed E-state index contributed by atoms with van der Waals surface area (Å²) in [7, 11) is 0. The SMILES string of the molecule is CC(C)C[C@H](NC(=O)[C@H](CC(N)=O)NC(=O)[C@H](CC(N)=O)NC(=O)[C@@H](N)C(C)C)C(=O)N1CCC[C@H]1C(=O)O. The number of rotatable bonds is 15. The summed E-state index contributed by atoms with van der Waals surface area (Å²) < 4.78 is 0. The quantitative estimate of drug-likeness (QED) is 0.111. The van der Waals surface area contributed by atoms with Crippen molar-refractivity contribution >= 4 is 41.4 Å². The molecule has 5 atom stereocenters. The van der Waals surface area contributed by atoms with Crippen molar-refractivity contribution < 1.29 is 38.7 Å². The second kappa shape index (κ2) is 15.0. The van der Waals surface area contributed by atoms with Gasteiger partial charge in [0.25, 0.3) is 0 Å². The second-order valence-corrected chi connectivity index (χ2v) is 10.5. The number of hydrogen-bond donors (Lipinski definition) is 7. The fourth-order valence-corrected chi connectivity index (χ4v) is 4.12. The van der Waals surface area contributed by atoms with E-state index in [2.05, 4.69) is 16.0 Å². The maximum atomic E-state index is 13.2. The lowest BCUT2D eigenvalue weighted by Crippen LogP contribution is -2.59. The summed E-state index contributed by atoms with van der Waals surface area (Å²) in [5.41, 5.74) is 16.3. The van der Waals surface area contributed by atoms with Crippen LogP contribution in [0.15, 0.2) is 0 Å². The molecule has 10 N–H and O–H groups in total. The van der Waals surface area contributed by atoms with Gasteiger partial charge in [-0.05, 0) is 31.1 Å². The Balaban J connectivity index is 3.15. The molecule has 0 spiro atoms. The monoisotopic (exact) mass is 555 g/mol. The Labute approximate surface area is 226 Å². The van der Waals surface area contributed by atoms with Crippen LogP contribution in [-0.4, -0.2) is 88.2 Å². The first-order valence-electron chi connectivity index (χ1n) is 12.8. The number of nitrogens with one attached hydrogen (secondary N) is 3. The number of carbonyl (C=O) groups excluding carboxylic acids is 6. The van der Waals surface area contributed by atoms with Crippen molar-refractivity contribution in [2.45, 2.75) is 90.0 Å². The van der Waals surface area contributed by atoms with E-state index >= 15 is 0 Å². The number of carboxylic acids is 1. The Kier molecular flexibility index (Phi) is 12.8. The van der Waals surface area contributed by atoms with Crippen molar-refractivity contribution in [1.82, 2.24) is 20.9 Å². The van der Waals surface area contributed by atoms with E-state index in [0.717, 1.165) is 0 Å². The number of aliphatic carboxylic acids is 1. The molecule has 220 valence electrons. The van der Waals surface area contributed by atoms with Crippen LogP contribution in [0.1, 0.15) is 59.8 Å². The van der Waals surface area contributed by atoms with E-state index in [1.807, 2.05) is 0 Å². The Bertz CT molecular complexity index is 955. The zero-order chi connectivity index (χ0) is 30.0. The zero-order valence-electron chi connectivity index (χ0n) is 22.8. The summed E-state index contributed by atoms with van der Waals surface area (Å²) in [4.78, 5) is 87.8. The smallest absolute Gasteiger partial charge is 0.326 e. The first kappa shape index (κ1) is 33.3. The van der Waals surface area contributed by atoms with Crippen molar-refractivity contribution in [2.75, 3.05) is 6.54 Å². The highest BCUT2D eigenvalue weighted by atomic mass is 16.4. The molecule has 1 aliphatic heterocycles. The molecule has 1 heterocycles. The van der Waals surface area contributed by atoms with Crippen LogP contribution in [0.25, 0.3) is 0 Å². The number of likely N-dealkylation sites (tertiary alicyclic amines) is 1. The minimum atomic E-state index is -1.57. The normalized spacial score (nSPS) is 18.1. The molecule has 1 aliphatic rings. The number of amides is 6. The Morgan fingerprint density at radius 3 is 1.69 bits per heavy atom. The van der Waals surface area contributed by atoms with Crippen LogP contribution in [-0.2, 0) is 33.6 Å². The lowest BCUT2D eigenvalue weighted by Gasteiger charge is -2.30. The number of hydrogen-bond acceptors (Lipinski definition) is 8. The molecule has 1 rings (SSSR count). The fourth-order valence-electron chi connectivity index (χ4n) is 4.12. The van der Waals surface area contributed by atoms with Crippen molar-refractivity contribution in [3.63, 3.8) is 0 Å². The van der Waals surface area contributed by atoms with Crippen LogP contribution in [0, 0.1) is 11.8 Å². The summed E-state index contributed by atoms with van der Waals surface area (Å²) in [6.07, 6.45) is -0.369. The molecule has 0 aliphatic carbocycles. The van der Waals surface area contributed by atoms with E-state index in [1.165, 1.54) is 4.90 Å². The summed E-state index contributed by atoms with van der Waals surface area (Å²) in [6.45, 7) is 7.15. The predicted octanol–water partition coefficient (Wildman–Crippen LogP) is -2.70. The van der Waals surface area contributed by atoms with Gasteiger partial charge in [-0.15, -0.1) is 0 Å². The maximum Gasteiger partial charge on any atom is 0.326 e. The van der Waals surface area contributed by atoms with Gasteiger partial charge in [0.1, 0.15) is 24.2 Å². The molecule has 0 aromatic carbocycles. The van der Waals surface area contributed by atoms with Gasteiger partial charge in [0.2, 0.25) is 35.4 Å². The highest BCUT2D eigenvalue weighted by Crippen LogP contribution is 2.20. The Morgan fingerprint density at radius 2 is 1.28 bits per heavy atom. The van der Waals surface area contributed by atoms with Crippen LogP contribution in [0.5, 0.6) is 0 Å². The van der Waals surface area contributed by atoms with Gasteiger partial charge in [-0.2, -0.15) is 0 Å². The average molecular weight is 556 g/mol. The third kappa shape index (κ3) is 10.5. The summed E-state index contributed by atoms with van der Waals surface area (Å²) in [5, 5.41) is 16.6. The molecule has 15 heteroatoms. The van der Waals surface area contributed by atoms with Gasteiger partial charge >= 0.3 is 5.97 Å². The third-order valence-corrected chi connectivity index (χ3v) is 6.24. The molecule has 1 saturated heterocycles. The Morgan fingerprint density at radius 1 is 0.821 bits per heavy atom. The molecule has 0 bridgehead atoms. The third-order valence-electron chi connectivity index (χ3n) is 6.24. The lowest BCUT2D eigenvalue weighted by molar-refractivity contribution is -0.149. The summed E-state index contributed by atoms with van der Waals surface area (Å²) in [5.74, 6) is -6.69. The standard InChI is InChI=1S/C24H41N7O8/c1-11(2)8-15(23(37)31-7-5-6-16(31)24(38)39)30-21(35)13(9-17(25)32)28-20(34)14(10-18(26)33)29-22(36)19(27)12(3)4/h11-16,19H,5-10,27H2,1-4H3,(H2,25,32)(H2,26,33)(H,28,34)(H,29,36)(H,30,35)(H,38,39)/t13-,14-,15-,16-,19-/m0/s1. The van der Waals surface area contributed by atoms with E-state index in [1.54, 1.807) is 27.7 Å². The highest BCUT2D eigenvalue weighted by Gasteiger charge is 2.39. The van der Waals surface area contributed by atoms with Crippen molar-refractivity contribution in [3.05, 3.63) is 0 Å². The maximum absolute atomic E-state index is 13.2. The van der Waals surface area contributed by atoms with Crippen LogP contribution in [0.2, 0.25) is 0 Å². The van der Waals surface area contributed by atoms with Gasteiger partial charge in [0.15, 0.2) is 0 Å². The molecule has 39 heavy (non-hydrogen) atoms. The van der Waals surface area contributed by atoms with Crippen LogP contribution < -0.4 is 33.2 Å². The molecule has 0 unspecified atom stereocenters. The molecule has 1 fully saturated rings. The summed E-state index contributed by atoms with van der Waals surface area (Å²) >= 11 is 0. The van der Waals surface area contributed by atoms with Gasteiger partial charge in [-0.3, -0.25) is 28.8 Å². The number of nitrogens with zero attached hydrogens (tertiary/aromatic N) is 1. The second-order valence-electron chi connectivity index (χ2n) is 10.5. The highest BCUT2D eigenvalue weighted by molar-refractivity contribution is 5.98. The predicted molar refractivity (Wildman–Crippen MR) is 138 cm³/mol. The van der Waals surface area contributed by atoms with Crippen LogP contribution >= 0.6 is 0 Å². The van der Waals surface area contributed by atoms with E-state index in [-0.39, 0.29) is 31.2 Å². The topological polar surface area (TPSA) is 257 Å². The minimum Gasteiger partial charge on any atom is -0.480 e.